The van der Waals surface area contributed by atoms with E-state index in [0.717, 1.165) is 71.0 Å². The molecule has 0 aromatic heterocycles. The first-order valence-corrected chi connectivity index (χ1v) is 15.6. The number of fused-ring (bicyclic) bond motifs is 1. The summed E-state index contributed by atoms with van der Waals surface area (Å²) < 4.78 is 35.3. The predicted molar refractivity (Wildman–Crippen MR) is 154 cm³/mol. The molecule has 3 fully saturated rings. The largest absolute Gasteiger partial charge is 0.467 e. The van der Waals surface area contributed by atoms with Crippen molar-refractivity contribution in [3.05, 3.63) is 23.8 Å². The van der Waals surface area contributed by atoms with Crippen LogP contribution in [0.1, 0.15) is 71.6 Å². The molecule has 2 aliphatic carbocycles. The standard InChI is InChI=1S/C33H50O8/c1-4-5-10-23(2)29(40-32-11-6-8-15-38-32)14-13-27-28-18-24(26(20-34)21-37-22-31(35)36-3)17-25(28)19-30(27)41-33-12-7-9-16-39-33/h13-14,18,23,25-30,32-34H,6-12,15-17,19-22H2,1-3H3/b14-13+/t23?,25-,26?,27+,28-,29+,30+,32?,33?/m0/s1. The number of carbonyl (C=O) groups excluding carboxylic acids is 1. The van der Waals surface area contributed by atoms with Crippen LogP contribution in [0.25, 0.3) is 0 Å². The van der Waals surface area contributed by atoms with Gasteiger partial charge >= 0.3 is 5.97 Å². The highest BCUT2D eigenvalue weighted by Gasteiger charge is 2.46. The van der Waals surface area contributed by atoms with Gasteiger partial charge in [0.15, 0.2) is 12.6 Å². The lowest BCUT2D eigenvalue weighted by atomic mass is 9.90. The van der Waals surface area contributed by atoms with Crippen molar-refractivity contribution in [2.75, 3.05) is 40.1 Å². The summed E-state index contributed by atoms with van der Waals surface area (Å²) in [6.07, 6.45) is 15.4. The Hall–Kier alpha value is -1.73. The lowest BCUT2D eigenvalue weighted by Crippen LogP contribution is -2.32. The highest BCUT2D eigenvalue weighted by Crippen LogP contribution is 2.50. The van der Waals surface area contributed by atoms with Crippen LogP contribution in [-0.2, 0) is 33.2 Å². The summed E-state index contributed by atoms with van der Waals surface area (Å²) in [6, 6.07) is 0. The first-order chi connectivity index (χ1) is 20.0. The molecule has 8 heteroatoms. The van der Waals surface area contributed by atoms with Crippen LogP contribution in [0.2, 0.25) is 0 Å². The van der Waals surface area contributed by atoms with E-state index in [9.17, 15) is 9.90 Å². The number of methoxy groups -OCH3 is 1. The van der Waals surface area contributed by atoms with Crippen molar-refractivity contribution in [2.45, 2.75) is 96.4 Å². The van der Waals surface area contributed by atoms with Crippen molar-refractivity contribution in [3.63, 3.8) is 0 Å². The van der Waals surface area contributed by atoms with Crippen LogP contribution in [0.15, 0.2) is 23.8 Å². The minimum atomic E-state index is -0.413. The van der Waals surface area contributed by atoms with Crippen molar-refractivity contribution in [3.8, 4) is 11.8 Å². The van der Waals surface area contributed by atoms with Crippen LogP contribution in [0.5, 0.6) is 0 Å². The smallest absolute Gasteiger partial charge is 0.331 e. The topological polar surface area (TPSA) is 92.7 Å². The van der Waals surface area contributed by atoms with Crippen LogP contribution in [0, 0.1) is 41.4 Å². The van der Waals surface area contributed by atoms with Gasteiger partial charge in [-0.05, 0) is 76.0 Å². The molecule has 2 aliphatic heterocycles. The second-order valence-corrected chi connectivity index (χ2v) is 11.9. The molecule has 0 aromatic rings. The van der Waals surface area contributed by atoms with Gasteiger partial charge in [0.05, 0.1) is 32.5 Å². The Morgan fingerprint density at radius 1 is 1.17 bits per heavy atom. The molecule has 0 radical (unpaired) electrons. The van der Waals surface area contributed by atoms with Gasteiger partial charge < -0.3 is 33.5 Å². The third-order valence-electron chi connectivity index (χ3n) is 8.96. The zero-order valence-electron chi connectivity index (χ0n) is 25.1. The second-order valence-electron chi connectivity index (χ2n) is 11.9. The average Bonchev–Trinajstić information content (AvgIpc) is 3.54. The van der Waals surface area contributed by atoms with Gasteiger partial charge in [0.25, 0.3) is 0 Å². The molecule has 0 aromatic carbocycles. The average molecular weight is 575 g/mol. The van der Waals surface area contributed by atoms with E-state index in [4.69, 9.17) is 23.7 Å². The van der Waals surface area contributed by atoms with Gasteiger partial charge in [-0.15, -0.1) is 11.8 Å². The lowest BCUT2D eigenvalue weighted by molar-refractivity contribution is -0.193. The number of aliphatic hydroxyl groups excluding tert-OH is 1. The van der Waals surface area contributed by atoms with Crippen molar-refractivity contribution in [1.82, 2.24) is 0 Å². The van der Waals surface area contributed by atoms with Crippen molar-refractivity contribution >= 4 is 5.97 Å². The van der Waals surface area contributed by atoms with E-state index in [1.165, 1.54) is 12.7 Å². The third-order valence-corrected chi connectivity index (χ3v) is 8.96. The van der Waals surface area contributed by atoms with Gasteiger partial charge in [0, 0.05) is 31.5 Å². The van der Waals surface area contributed by atoms with E-state index in [1.807, 2.05) is 6.92 Å². The van der Waals surface area contributed by atoms with Crippen molar-refractivity contribution in [1.29, 1.82) is 0 Å². The maximum atomic E-state index is 11.5. The number of hydrogen-bond donors (Lipinski definition) is 1. The normalized spacial score (nSPS) is 32.0. The summed E-state index contributed by atoms with van der Waals surface area (Å²) in [5, 5.41) is 10.1. The molecule has 0 bridgehead atoms. The first-order valence-electron chi connectivity index (χ1n) is 15.6. The predicted octanol–water partition coefficient (Wildman–Crippen LogP) is 4.80. The molecule has 0 spiro atoms. The first kappa shape index (κ1) is 32.2. The lowest BCUT2D eigenvalue weighted by Gasteiger charge is -2.31. The van der Waals surface area contributed by atoms with Gasteiger partial charge in [0.2, 0.25) is 0 Å². The molecule has 2 saturated heterocycles. The monoisotopic (exact) mass is 574 g/mol. The van der Waals surface area contributed by atoms with E-state index >= 15 is 0 Å². The Kier molecular flexibility index (Phi) is 13.2. The van der Waals surface area contributed by atoms with Gasteiger partial charge in [-0.25, -0.2) is 4.79 Å². The molecular weight excluding hydrogens is 524 g/mol. The minimum Gasteiger partial charge on any atom is -0.467 e. The van der Waals surface area contributed by atoms with E-state index in [2.05, 4.69) is 41.7 Å². The fourth-order valence-corrected chi connectivity index (χ4v) is 6.57. The van der Waals surface area contributed by atoms with E-state index < -0.39 is 5.97 Å². The molecule has 230 valence electrons. The molecule has 4 aliphatic rings. The molecule has 4 rings (SSSR count). The number of rotatable bonds is 14. The maximum absolute atomic E-state index is 11.5. The molecule has 2 heterocycles. The Bertz CT molecular complexity index is 923. The number of hydrogen-bond acceptors (Lipinski definition) is 8. The zero-order valence-corrected chi connectivity index (χ0v) is 25.1. The van der Waals surface area contributed by atoms with Gasteiger partial charge in [-0.2, -0.15) is 0 Å². The third kappa shape index (κ3) is 9.38. The van der Waals surface area contributed by atoms with Gasteiger partial charge in [0.1, 0.15) is 6.61 Å². The van der Waals surface area contributed by atoms with Gasteiger partial charge in [-0.3, -0.25) is 0 Å². The Labute approximate surface area is 246 Å². The van der Waals surface area contributed by atoms with E-state index in [1.54, 1.807) is 0 Å². The number of ether oxygens (including phenoxy) is 6. The Morgan fingerprint density at radius 2 is 1.93 bits per heavy atom. The zero-order chi connectivity index (χ0) is 29.0. The number of allylic oxidation sites excluding steroid dienone is 1. The van der Waals surface area contributed by atoms with Crippen molar-refractivity contribution < 1.29 is 38.3 Å². The highest BCUT2D eigenvalue weighted by atomic mass is 16.7. The minimum absolute atomic E-state index is 0.0178. The number of aliphatic hydroxyl groups is 1. The second kappa shape index (κ2) is 16.8. The summed E-state index contributed by atoms with van der Waals surface area (Å²) >= 11 is 0. The van der Waals surface area contributed by atoms with Crippen LogP contribution in [-0.4, -0.2) is 76.0 Å². The molecule has 1 N–H and O–H groups in total. The van der Waals surface area contributed by atoms with E-state index in [-0.39, 0.29) is 55.8 Å². The summed E-state index contributed by atoms with van der Waals surface area (Å²) in [7, 11) is 1.34. The molecule has 9 atom stereocenters. The number of carbonyl (C=O) groups is 1. The van der Waals surface area contributed by atoms with Gasteiger partial charge in [-0.1, -0.05) is 30.7 Å². The van der Waals surface area contributed by atoms with E-state index in [0.29, 0.717) is 18.4 Å². The summed E-state index contributed by atoms with van der Waals surface area (Å²) in [4.78, 5) is 11.5. The Morgan fingerprint density at radius 3 is 2.59 bits per heavy atom. The molecule has 0 amide bonds. The summed E-state index contributed by atoms with van der Waals surface area (Å²) in [5.41, 5.74) is 1.20. The molecular formula is C33H50O8. The fourth-order valence-electron chi connectivity index (χ4n) is 6.57. The molecule has 4 unspecified atom stereocenters. The summed E-state index contributed by atoms with van der Waals surface area (Å²) in [6.45, 7) is 5.74. The maximum Gasteiger partial charge on any atom is 0.331 e. The van der Waals surface area contributed by atoms with Crippen LogP contribution >= 0.6 is 0 Å². The molecule has 41 heavy (non-hydrogen) atoms. The summed E-state index contributed by atoms with van der Waals surface area (Å²) in [5.74, 6) is 6.81. The van der Waals surface area contributed by atoms with Crippen molar-refractivity contribution in [2.24, 2.45) is 29.6 Å². The SMILES string of the molecule is CC#CCC(C)[C@@H](/C=C/[C@@H]1[C@H]2C=C(C(CO)COCC(=O)OC)C[C@H]2C[C@H]1OC1CCCCO1)OC1CCCCO1. The Balaban J connectivity index is 1.50. The fraction of sp³-hybridized carbons (Fsp3) is 0.788. The molecule has 8 nitrogen and oxygen atoms in total. The van der Waals surface area contributed by atoms with Crippen LogP contribution in [0.4, 0.5) is 0 Å². The van der Waals surface area contributed by atoms with Crippen LogP contribution in [0.3, 0.4) is 0 Å². The number of esters is 1. The highest BCUT2D eigenvalue weighted by molar-refractivity contribution is 5.70. The quantitative estimate of drug-likeness (QED) is 0.180. The van der Waals surface area contributed by atoms with Crippen LogP contribution < -0.4 is 0 Å². The molecule has 1 saturated carbocycles.